The first-order valence-corrected chi connectivity index (χ1v) is 11.0. The van der Waals surface area contributed by atoms with Crippen molar-refractivity contribution >= 4 is 5.91 Å². The van der Waals surface area contributed by atoms with Crippen LogP contribution in [0.3, 0.4) is 0 Å². The van der Waals surface area contributed by atoms with Gasteiger partial charge >= 0.3 is 0 Å². The van der Waals surface area contributed by atoms with E-state index in [1.165, 1.54) is 0 Å². The lowest BCUT2D eigenvalue weighted by Crippen LogP contribution is -2.45. The molecule has 2 aromatic carbocycles. The molecule has 3 heterocycles. The van der Waals surface area contributed by atoms with Crippen molar-refractivity contribution in [1.29, 1.82) is 0 Å². The number of rotatable bonds is 6. The summed E-state index contributed by atoms with van der Waals surface area (Å²) < 4.78 is 13.0. The molecule has 9 heteroatoms. The van der Waals surface area contributed by atoms with Crippen molar-refractivity contribution in [3.63, 3.8) is 0 Å². The molecule has 0 spiro atoms. The number of amides is 1. The first-order valence-electron chi connectivity index (χ1n) is 11.0. The van der Waals surface area contributed by atoms with Crippen molar-refractivity contribution in [1.82, 2.24) is 30.0 Å². The van der Waals surface area contributed by atoms with Crippen LogP contribution in [-0.2, 0) is 4.79 Å². The maximum atomic E-state index is 12.8. The van der Waals surface area contributed by atoms with Crippen molar-refractivity contribution in [2.24, 2.45) is 0 Å². The summed E-state index contributed by atoms with van der Waals surface area (Å²) >= 11 is 0. The van der Waals surface area contributed by atoms with Crippen molar-refractivity contribution < 1.29 is 14.1 Å². The minimum Gasteiger partial charge on any atom is -0.481 e. The quantitative estimate of drug-likeness (QED) is 0.448. The van der Waals surface area contributed by atoms with E-state index in [0.717, 1.165) is 18.4 Å². The Balaban J connectivity index is 1.18. The standard InChI is InChI=1S/C24H24N6O3/c1-17(32-20-10-6-3-7-11-20)24(31)29-14-12-19(13-15-29)30-16-21(26-28-30)23-25-22(27-33-23)18-8-4-2-5-9-18/h2-11,16-17,19H,12-15H2,1H3/t17-/m0/s1. The first-order chi connectivity index (χ1) is 16.2. The van der Waals surface area contributed by atoms with Gasteiger partial charge in [0, 0.05) is 18.7 Å². The topological polar surface area (TPSA) is 99.2 Å². The zero-order valence-electron chi connectivity index (χ0n) is 18.2. The van der Waals surface area contributed by atoms with E-state index in [4.69, 9.17) is 9.26 Å². The highest BCUT2D eigenvalue weighted by atomic mass is 16.5. The van der Waals surface area contributed by atoms with Crippen LogP contribution in [0.5, 0.6) is 5.75 Å². The van der Waals surface area contributed by atoms with Crippen molar-refractivity contribution in [3.05, 3.63) is 66.9 Å². The number of piperidine rings is 1. The third-order valence-electron chi connectivity index (χ3n) is 5.74. The Morgan fingerprint density at radius 3 is 2.48 bits per heavy atom. The molecule has 1 saturated heterocycles. The number of carbonyl (C=O) groups is 1. The number of nitrogens with zero attached hydrogens (tertiary/aromatic N) is 6. The zero-order chi connectivity index (χ0) is 22.6. The van der Waals surface area contributed by atoms with Crippen molar-refractivity contribution in [2.75, 3.05) is 13.1 Å². The molecule has 0 bridgehead atoms. The predicted octanol–water partition coefficient (Wildman–Crippen LogP) is 3.63. The fraction of sp³-hybridized carbons (Fsp3) is 0.292. The molecule has 0 radical (unpaired) electrons. The number of hydrogen-bond acceptors (Lipinski definition) is 7. The highest BCUT2D eigenvalue weighted by Crippen LogP contribution is 2.25. The largest absolute Gasteiger partial charge is 0.481 e. The predicted molar refractivity (Wildman–Crippen MR) is 120 cm³/mol. The minimum atomic E-state index is -0.529. The van der Waals surface area contributed by atoms with Gasteiger partial charge in [0.2, 0.25) is 5.82 Å². The molecule has 0 aliphatic carbocycles. The van der Waals surface area contributed by atoms with Gasteiger partial charge in [-0.15, -0.1) is 5.10 Å². The molecule has 4 aromatic rings. The molecule has 2 aromatic heterocycles. The van der Waals surface area contributed by atoms with Gasteiger partial charge in [-0.3, -0.25) is 4.79 Å². The van der Waals surface area contributed by atoms with Crippen LogP contribution in [-0.4, -0.2) is 55.1 Å². The van der Waals surface area contributed by atoms with Crippen LogP contribution in [0.1, 0.15) is 25.8 Å². The third kappa shape index (κ3) is 4.62. The lowest BCUT2D eigenvalue weighted by atomic mass is 10.0. The normalized spacial score (nSPS) is 15.4. The number of hydrogen-bond donors (Lipinski definition) is 0. The van der Waals surface area contributed by atoms with Gasteiger partial charge in [-0.2, -0.15) is 4.98 Å². The smallest absolute Gasteiger partial charge is 0.280 e. The van der Waals surface area contributed by atoms with Crippen LogP contribution in [0, 0.1) is 0 Å². The molecule has 1 fully saturated rings. The van der Waals surface area contributed by atoms with Gasteiger partial charge in [0.05, 0.1) is 12.2 Å². The Morgan fingerprint density at radius 2 is 1.76 bits per heavy atom. The average molecular weight is 444 g/mol. The van der Waals surface area contributed by atoms with Crippen molar-refractivity contribution in [3.8, 4) is 28.7 Å². The van der Waals surface area contributed by atoms with Gasteiger partial charge in [0.1, 0.15) is 5.75 Å². The maximum absolute atomic E-state index is 12.8. The Morgan fingerprint density at radius 1 is 1.06 bits per heavy atom. The van der Waals surface area contributed by atoms with Crippen LogP contribution in [0.25, 0.3) is 23.0 Å². The average Bonchev–Trinajstić information content (AvgIpc) is 3.55. The summed E-state index contributed by atoms with van der Waals surface area (Å²) in [7, 11) is 0. The van der Waals surface area contributed by atoms with Gasteiger partial charge in [-0.1, -0.05) is 58.9 Å². The fourth-order valence-corrected chi connectivity index (χ4v) is 3.95. The molecule has 0 saturated carbocycles. The number of aromatic nitrogens is 5. The fourth-order valence-electron chi connectivity index (χ4n) is 3.95. The van der Waals surface area contributed by atoms with Crippen LogP contribution >= 0.6 is 0 Å². The molecule has 33 heavy (non-hydrogen) atoms. The number of likely N-dealkylation sites (tertiary alicyclic amines) is 1. The van der Waals surface area contributed by atoms with Crippen molar-refractivity contribution in [2.45, 2.75) is 31.9 Å². The molecule has 1 atom stereocenters. The molecule has 5 rings (SSSR count). The van der Waals surface area contributed by atoms with E-state index in [0.29, 0.717) is 36.2 Å². The van der Waals surface area contributed by atoms with E-state index in [-0.39, 0.29) is 11.9 Å². The lowest BCUT2D eigenvalue weighted by Gasteiger charge is -2.33. The van der Waals surface area contributed by atoms with Crippen LogP contribution in [0.15, 0.2) is 71.4 Å². The van der Waals surface area contributed by atoms with E-state index in [1.54, 1.807) is 6.92 Å². The molecule has 0 unspecified atom stereocenters. The summed E-state index contributed by atoms with van der Waals surface area (Å²) in [6, 6.07) is 19.2. The Labute approximate surface area is 191 Å². The van der Waals surface area contributed by atoms with Gasteiger partial charge in [0.15, 0.2) is 11.8 Å². The monoisotopic (exact) mass is 444 g/mol. The SMILES string of the molecule is C[C@H](Oc1ccccc1)C(=O)N1CCC(n2cc(-c3nc(-c4ccccc4)no3)nn2)CC1. The van der Waals surface area contributed by atoms with Crippen LogP contribution in [0.2, 0.25) is 0 Å². The van der Waals surface area contributed by atoms with E-state index in [2.05, 4.69) is 20.5 Å². The summed E-state index contributed by atoms with van der Waals surface area (Å²) in [5, 5.41) is 12.5. The van der Waals surface area contributed by atoms with E-state index in [9.17, 15) is 4.79 Å². The third-order valence-corrected chi connectivity index (χ3v) is 5.74. The van der Waals surface area contributed by atoms with Crippen LogP contribution in [0.4, 0.5) is 0 Å². The second-order valence-electron chi connectivity index (χ2n) is 8.00. The molecule has 9 nitrogen and oxygen atoms in total. The number of carbonyl (C=O) groups excluding carboxylic acids is 1. The number of para-hydroxylation sites is 1. The Hall–Kier alpha value is -4.01. The second kappa shape index (κ2) is 9.23. The molecule has 1 aliphatic heterocycles. The lowest BCUT2D eigenvalue weighted by molar-refractivity contribution is -0.139. The summed E-state index contributed by atoms with van der Waals surface area (Å²) in [5.41, 5.74) is 1.41. The van der Waals surface area contributed by atoms with Gasteiger partial charge in [-0.05, 0) is 31.9 Å². The summed E-state index contributed by atoms with van der Waals surface area (Å²) in [6.07, 6.45) is 2.86. The molecular formula is C24H24N6O3. The zero-order valence-corrected chi connectivity index (χ0v) is 18.2. The molecular weight excluding hydrogens is 420 g/mol. The number of benzene rings is 2. The Bertz CT molecular complexity index is 1200. The van der Waals surface area contributed by atoms with E-state index in [1.807, 2.05) is 76.4 Å². The molecule has 1 aliphatic rings. The minimum absolute atomic E-state index is 0.00381. The maximum Gasteiger partial charge on any atom is 0.280 e. The summed E-state index contributed by atoms with van der Waals surface area (Å²) in [5.74, 6) is 1.54. The van der Waals surface area contributed by atoms with Gasteiger partial charge in [-0.25, -0.2) is 4.68 Å². The highest BCUT2D eigenvalue weighted by molar-refractivity contribution is 5.81. The Kier molecular flexibility index (Phi) is 5.84. The highest BCUT2D eigenvalue weighted by Gasteiger charge is 2.28. The molecule has 1 amide bonds. The summed E-state index contributed by atoms with van der Waals surface area (Å²) in [4.78, 5) is 19.1. The van der Waals surface area contributed by atoms with Gasteiger partial charge in [0.25, 0.3) is 11.8 Å². The number of ether oxygens (including phenoxy) is 1. The van der Waals surface area contributed by atoms with E-state index >= 15 is 0 Å². The molecule has 168 valence electrons. The summed E-state index contributed by atoms with van der Waals surface area (Å²) in [6.45, 7) is 3.07. The van der Waals surface area contributed by atoms with Gasteiger partial charge < -0.3 is 14.2 Å². The first kappa shape index (κ1) is 20.9. The van der Waals surface area contributed by atoms with Crippen LogP contribution < -0.4 is 4.74 Å². The molecule has 0 N–H and O–H groups in total. The second-order valence-corrected chi connectivity index (χ2v) is 8.00. The van der Waals surface area contributed by atoms with E-state index < -0.39 is 6.10 Å².